The van der Waals surface area contributed by atoms with Gasteiger partial charge < -0.3 is 9.47 Å². The third kappa shape index (κ3) is 12.7. The zero-order valence-electron chi connectivity index (χ0n) is 16.3. The third-order valence-corrected chi connectivity index (χ3v) is 2.64. The molecule has 0 heterocycles. The van der Waals surface area contributed by atoms with E-state index in [2.05, 4.69) is 13.8 Å². The molecule has 0 aromatic heterocycles. The molecule has 1 aromatic carbocycles. The lowest BCUT2D eigenvalue weighted by atomic mass is 10.1. The summed E-state index contributed by atoms with van der Waals surface area (Å²) in [6.07, 6.45) is 1.72. The van der Waals surface area contributed by atoms with E-state index in [1.165, 1.54) is 6.42 Å². The van der Waals surface area contributed by atoms with E-state index in [1.54, 1.807) is 31.2 Å². The summed E-state index contributed by atoms with van der Waals surface area (Å²) in [5.41, 5.74) is 0. The van der Waals surface area contributed by atoms with Gasteiger partial charge in [-0.05, 0) is 24.3 Å². The van der Waals surface area contributed by atoms with Crippen LogP contribution in [-0.2, 0) is 9.59 Å². The van der Waals surface area contributed by atoms with Gasteiger partial charge in [-0.15, -0.1) is 0 Å². The highest BCUT2D eigenvalue weighted by atomic mass is 16.5. The van der Waals surface area contributed by atoms with Gasteiger partial charge in [-0.3, -0.25) is 9.59 Å². The lowest BCUT2D eigenvalue weighted by Gasteiger charge is -2.08. The Kier molecular flexibility index (Phi) is 16.3. The molecule has 138 valence electrons. The molecule has 0 aliphatic rings. The monoisotopic (exact) mass is 338 g/mol. The molecule has 0 radical (unpaired) electrons. The van der Waals surface area contributed by atoms with Gasteiger partial charge in [0.15, 0.2) is 11.6 Å². The molecule has 0 aliphatic carbocycles. The first-order valence-electron chi connectivity index (χ1n) is 8.84. The summed E-state index contributed by atoms with van der Waals surface area (Å²) in [4.78, 5) is 22.5. The number of hydrogen-bond acceptors (Lipinski definition) is 4. The molecule has 0 aliphatic heterocycles. The lowest BCUT2D eigenvalue weighted by molar-refractivity contribution is -0.124. The number of carbonyl (C=O) groups is 2. The molecule has 0 saturated carbocycles. The fourth-order valence-corrected chi connectivity index (χ4v) is 1.22. The van der Waals surface area contributed by atoms with Gasteiger partial charge in [-0.25, -0.2) is 0 Å². The highest BCUT2D eigenvalue weighted by Crippen LogP contribution is 2.17. The van der Waals surface area contributed by atoms with Crippen molar-refractivity contribution in [2.75, 3.05) is 13.2 Å². The van der Waals surface area contributed by atoms with Gasteiger partial charge in [0.1, 0.15) is 24.7 Å². The van der Waals surface area contributed by atoms with Crippen LogP contribution >= 0.6 is 0 Å². The molecule has 1 rings (SSSR count). The minimum Gasteiger partial charge on any atom is -0.486 e. The minimum absolute atomic E-state index is 0.0253. The van der Waals surface area contributed by atoms with Gasteiger partial charge in [0.05, 0.1) is 0 Å². The van der Waals surface area contributed by atoms with Gasteiger partial charge in [-0.2, -0.15) is 0 Å². The van der Waals surface area contributed by atoms with E-state index < -0.39 is 0 Å². The van der Waals surface area contributed by atoms with Gasteiger partial charge in [0.25, 0.3) is 0 Å². The van der Waals surface area contributed by atoms with Crippen LogP contribution in [0.2, 0.25) is 0 Å². The van der Waals surface area contributed by atoms with E-state index in [-0.39, 0.29) is 30.7 Å². The Balaban J connectivity index is 0. The molecule has 0 saturated heterocycles. The van der Waals surface area contributed by atoms with E-state index in [0.29, 0.717) is 17.9 Å². The van der Waals surface area contributed by atoms with Gasteiger partial charge in [0.2, 0.25) is 0 Å². The molecule has 0 atom stereocenters. The summed E-state index contributed by atoms with van der Waals surface area (Å²) in [5.74, 6) is 1.33. The lowest BCUT2D eigenvalue weighted by Crippen LogP contribution is -2.16. The van der Waals surface area contributed by atoms with E-state index in [4.69, 9.17) is 9.47 Å². The molecular formula is C20H34O4. The zero-order chi connectivity index (χ0) is 19.0. The van der Waals surface area contributed by atoms with Crippen molar-refractivity contribution < 1.29 is 19.1 Å². The minimum atomic E-state index is -0.0253. The number of ether oxygens (including phenoxy) is 2. The summed E-state index contributed by atoms with van der Waals surface area (Å²) in [6, 6.07) is 6.88. The average Bonchev–Trinajstić information content (AvgIpc) is 2.60. The van der Waals surface area contributed by atoms with E-state index in [1.807, 2.05) is 27.7 Å². The Bertz CT molecular complexity index is 435. The first-order valence-corrected chi connectivity index (χ1v) is 8.84. The molecule has 0 spiro atoms. The standard InChI is InChI=1S/C15H20O4.C3H8.C2H6/c1-4-12(16)9-18-13-5-7-14(8-6-13)19-10-15(17)11(2)3;1-3-2;1-2/h5-8,11H,4,9-10H2,1-3H3;3H2,1-2H3;1-2H3. The molecule has 24 heavy (non-hydrogen) atoms. The predicted molar refractivity (Wildman–Crippen MR) is 99.9 cm³/mol. The van der Waals surface area contributed by atoms with Crippen LogP contribution in [0.5, 0.6) is 11.5 Å². The van der Waals surface area contributed by atoms with Gasteiger partial charge in [-0.1, -0.05) is 54.9 Å². The largest absolute Gasteiger partial charge is 0.486 e. The van der Waals surface area contributed by atoms with Crippen LogP contribution in [0.15, 0.2) is 24.3 Å². The molecular weight excluding hydrogens is 304 g/mol. The summed E-state index contributed by atoms with van der Waals surface area (Å²) in [6.45, 7) is 13.9. The quantitative estimate of drug-likeness (QED) is 0.662. The molecule has 4 nitrogen and oxygen atoms in total. The summed E-state index contributed by atoms with van der Waals surface area (Å²) in [7, 11) is 0. The maximum Gasteiger partial charge on any atom is 0.172 e. The van der Waals surface area contributed by atoms with Gasteiger partial charge in [0, 0.05) is 12.3 Å². The van der Waals surface area contributed by atoms with Crippen molar-refractivity contribution in [2.45, 2.75) is 61.3 Å². The smallest absolute Gasteiger partial charge is 0.172 e. The Hall–Kier alpha value is -1.84. The highest BCUT2D eigenvalue weighted by Gasteiger charge is 2.08. The van der Waals surface area contributed by atoms with Crippen LogP contribution in [0.1, 0.15) is 61.3 Å². The molecule has 4 heteroatoms. The second-order valence-electron chi connectivity index (χ2n) is 5.27. The van der Waals surface area contributed by atoms with Crippen LogP contribution in [0, 0.1) is 5.92 Å². The van der Waals surface area contributed by atoms with E-state index >= 15 is 0 Å². The average molecular weight is 338 g/mol. The highest BCUT2D eigenvalue weighted by molar-refractivity contribution is 5.81. The number of carbonyl (C=O) groups excluding carboxylic acids is 2. The Morgan fingerprint density at radius 3 is 1.58 bits per heavy atom. The van der Waals surface area contributed by atoms with Crippen molar-refractivity contribution in [1.29, 1.82) is 0 Å². The Labute approximate surface area is 147 Å². The fraction of sp³-hybridized carbons (Fsp3) is 0.600. The van der Waals surface area contributed by atoms with E-state index in [9.17, 15) is 9.59 Å². The zero-order valence-corrected chi connectivity index (χ0v) is 16.3. The maximum atomic E-state index is 11.4. The topological polar surface area (TPSA) is 52.6 Å². The van der Waals surface area contributed by atoms with Crippen LogP contribution in [0.4, 0.5) is 0 Å². The van der Waals surface area contributed by atoms with Crippen LogP contribution in [-0.4, -0.2) is 24.8 Å². The first kappa shape index (κ1) is 24.4. The first-order chi connectivity index (χ1) is 11.4. The van der Waals surface area contributed by atoms with Crippen LogP contribution in [0.3, 0.4) is 0 Å². The Morgan fingerprint density at radius 1 is 0.875 bits per heavy atom. The number of rotatable bonds is 8. The van der Waals surface area contributed by atoms with Crippen molar-refractivity contribution in [1.82, 2.24) is 0 Å². The number of benzene rings is 1. The molecule has 0 N–H and O–H groups in total. The van der Waals surface area contributed by atoms with E-state index in [0.717, 1.165) is 0 Å². The van der Waals surface area contributed by atoms with Crippen molar-refractivity contribution in [3.63, 3.8) is 0 Å². The molecule has 0 unspecified atom stereocenters. The van der Waals surface area contributed by atoms with Crippen molar-refractivity contribution in [3.8, 4) is 11.5 Å². The molecule has 1 aromatic rings. The second kappa shape index (κ2) is 16.0. The summed E-state index contributed by atoms with van der Waals surface area (Å²) < 4.78 is 10.7. The Morgan fingerprint density at radius 2 is 1.25 bits per heavy atom. The number of Topliss-reactive ketones (excluding diaryl/α,β-unsaturated/α-hetero) is 2. The molecule has 0 fully saturated rings. The SMILES string of the molecule is CC.CCC.CCC(=O)COc1ccc(OCC(=O)C(C)C)cc1. The molecule has 0 amide bonds. The second-order valence-corrected chi connectivity index (χ2v) is 5.27. The van der Waals surface area contributed by atoms with Crippen LogP contribution < -0.4 is 9.47 Å². The third-order valence-electron chi connectivity index (χ3n) is 2.64. The van der Waals surface area contributed by atoms with Crippen molar-refractivity contribution in [3.05, 3.63) is 24.3 Å². The van der Waals surface area contributed by atoms with Gasteiger partial charge >= 0.3 is 0 Å². The van der Waals surface area contributed by atoms with Crippen molar-refractivity contribution in [2.24, 2.45) is 5.92 Å². The number of hydrogen-bond donors (Lipinski definition) is 0. The number of ketones is 2. The normalized spacial score (nSPS) is 9.17. The fourth-order valence-electron chi connectivity index (χ4n) is 1.22. The molecule has 0 bridgehead atoms. The van der Waals surface area contributed by atoms with Crippen LogP contribution in [0.25, 0.3) is 0 Å². The summed E-state index contributed by atoms with van der Waals surface area (Å²) >= 11 is 0. The maximum absolute atomic E-state index is 11.4. The summed E-state index contributed by atoms with van der Waals surface area (Å²) in [5, 5.41) is 0. The predicted octanol–water partition coefficient (Wildman–Crippen LogP) is 5.09. The van der Waals surface area contributed by atoms with Crippen molar-refractivity contribution >= 4 is 11.6 Å².